The molecule has 0 radical (unpaired) electrons. The first-order valence-corrected chi connectivity index (χ1v) is 11.0. The van der Waals surface area contributed by atoms with Gasteiger partial charge in [0.05, 0.1) is 30.6 Å². The van der Waals surface area contributed by atoms with Gasteiger partial charge in [-0.1, -0.05) is 35.9 Å². The highest BCUT2D eigenvalue weighted by Crippen LogP contribution is 2.24. The molecular weight excluding hydrogens is 468 g/mol. The molecule has 3 rings (SSSR count). The number of hydrogen-bond acceptors (Lipinski definition) is 6. The van der Waals surface area contributed by atoms with Crippen LogP contribution in [-0.4, -0.2) is 25.1 Å². The number of methoxy groups -OCH3 is 1. The summed E-state index contributed by atoms with van der Waals surface area (Å²) in [6, 6.07) is 21.2. The molecule has 35 heavy (non-hydrogen) atoms. The molecule has 3 aromatic carbocycles. The second kappa shape index (κ2) is 12.8. The molecule has 0 aliphatic carbocycles. The van der Waals surface area contributed by atoms with Crippen molar-refractivity contribution in [3.05, 3.63) is 88.4 Å². The molecule has 0 unspecified atom stereocenters. The SMILES string of the molecule is COc1ccccc1NC(=O)CCC(=O)NN=Cc1cc(Cl)ccc1OCc1ccc(C#N)cc1. The van der Waals surface area contributed by atoms with E-state index in [-0.39, 0.29) is 25.4 Å². The van der Waals surface area contributed by atoms with E-state index in [1.54, 1.807) is 54.6 Å². The molecule has 3 aromatic rings. The fraction of sp³-hybridized carbons (Fsp3) is 0.154. The van der Waals surface area contributed by atoms with E-state index in [1.165, 1.54) is 13.3 Å². The topological polar surface area (TPSA) is 113 Å². The zero-order valence-electron chi connectivity index (χ0n) is 19.0. The quantitative estimate of drug-likeness (QED) is 0.317. The number of nitrogens with one attached hydrogen (secondary N) is 2. The highest BCUT2D eigenvalue weighted by molar-refractivity contribution is 6.30. The Balaban J connectivity index is 1.51. The number of anilines is 1. The van der Waals surface area contributed by atoms with E-state index in [2.05, 4.69) is 21.9 Å². The minimum atomic E-state index is -0.418. The van der Waals surface area contributed by atoms with E-state index in [9.17, 15) is 9.59 Å². The van der Waals surface area contributed by atoms with Gasteiger partial charge in [0.2, 0.25) is 11.8 Å². The molecule has 0 aliphatic rings. The molecule has 0 aromatic heterocycles. The average Bonchev–Trinajstić information content (AvgIpc) is 2.87. The number of ether oxygens (including phenoxy) is 2. The van der Waals surface area contributed by atoms with Crippen LogP contribution in [0.4, 0.5) is 5.69 Å². The fourth-order valence-corrected chi connectivity index (χ4v) is 3.19. The number of carbonyl (C=O) groups excluding carboxylic acids is 2. The zero-order chi connectivity index (χ0) is 25.0. The molecule has 0 spiro atoms. The molecule has 0 saturated heterocycles. The van der Waals surface area contributed by atoms with E-state index >= 15 is 0 Å². The Labute approximate surface area is 208 Å². The van der Waals surface area contributed by atoms with Crippen LogP contribution in [0, 0.1) is 11.3 Å². The predicted octanol–water partition coefficient (Wildman–Crippen LogP) is 4.67. The standard InChI is InChI=1S/C26H23ClN4O4/c1-34-24-5-3-2-4-22(24)30-25(32)12-13-26(33)31-29-16-20-14-21(27)10-11-23(20)35-17-19-8-6-18(15-28)7-9-19/h2-11,14,16H,12-13,17H2,1H3,(H,30,32)(H,31,33). The maximum Gasteiger partial charge on any atom is 0.240 e. The predicted molar refractivity (Wildman–Crippen MR) is 134 cm³/mol. The van der Waals surface area contributed by atoms with E-state index < -0.39 is 5.91 Å². The fourth-order valence-electron chi connectivity index (χ4n) is 3.01. The van der Waals surface area contributed by atoms with Crippen molar-refractivity contribution in [2.24, 2.45) is 5.10 Å². The lowest BCUT2D eigenvalue weighted by Gasteiger charge is -2.10. The number of hydrogen-bond donors (Lipinski definition) is 2. The van der Waals surface area contributed by atoms with Gasteiger partial charge >= 0.3 is 0 Å². The van der Waals surface area contributed by atoms with Crippen molar-refractivity contribution in [2.45, 2.75) is 19.4 Å². The van der Waals surface area contributed by atoms with Gasteiger partial charge in [0.1, 0.15) is 18.1 Å². The van der Waals surface area contributed by atoms with Crippen molar-refractivity contribution in [1.82, 2.24) is 5.43 Å². The number of nitriles is 1. The Kier molecular flexibility index (Phi) is 9.22. The van der Waals surface area contributed by atoms with Crippen molar-refractivity contribution in [2.75, 3.05) is 12.4 Å². The maximum absolute atomic E-state index is 12.2. The van der Waals surface area contributed by atoms with Gasteiger partial charge in [0.25, 0.3) is 0 Å². The number of carbonyl (C=O) groups is 2. The normalized spacial score (nSPS) is 10.4. The van der Waals surface area contributed by atoms with E-state index in [4.69, 9.17) is 26.3 Å². The van der Waals surface area contributed by atoms with Gasteiger partial charge in [-0.25, -0.2) is 5.43 Å². The lowest BCUT2D eigenvalue weighted by molar-refractivity contribution is -0.124. The Morgan fingerprint density at radius 3 is 2.51 bits per heavy atom. The summed E-state index contributed by atoms with van der Waals surface area (Å²) in [5.74, 6) is 0.321. The molecule has 0 saturated carbocycles. The van der Waals surface area contributed by atoms with Crippen molar-refractivity contribution < 1.29 is 19.1 Å². The van der Waals surface area contributed by atoms with Gasteiger partial charge in [0, 0.05) is 23.4 Å². The Hall–Kier alpha value is -4.35. The summed E-state index contributed by atoms with van der Waals surface area (Å²) in [6.07, 6.45) is 1.36. The Morgan fingerprint density at radius 2 is 1.77 bits per heavy atom. The van der Waals surface area contributed by atoms with Crippen LogP contribution in [0.25, 0.3) is 0 Å². The summed E-state index contributed by atoms with van der Waals surface area (Å²) in [5, 5.41) is 16.1. The van der Waals surface area contributed by atoms with Crippen LogP contribution in [0.3, 0.4) is 0 Å². The smallest absolute Gasteiger partial charge is 0.240 e. The molecular formula is C26H23ClN4O4. The third-order valence-electron chi connectivity index (χ3n) is 4.80. The second-order valence-corrected chi connectivity index (χ2v) is 7.76. The summed E-state index contributed by atoms with van der Waals surface area (Å²) in [5.41, 5.74) is 4.97. The van der Waals surface area contributed by atoms with Gasteiger partial charge in [0.15, 0.2) is 0 Å². The van der Waals surface area contributed by atoms with E-state index in [0.29, 0.717) is 33.3 Å². The summed E-state index contributed by atoms with van der Waals surface area (Å²) in [7, 11) is 1.51. The molecule has 0 atom stereocenters. The lowest BCUT2D eigenvalue weighted by Crippen LogP contribution is -2.20. The van der Waals surface area contributed by atoms with Crippen molar-refractivity contribution in [1.29, 1.82) is 5.26 Å². The molecule has 0 fully saturated rings. The summed E-state index contributed by atoms with van der Waals surface area (Å²) >= 11 is 6.09. The summed E-state index contributed by atoms with van der Waals surface area (Å²) in [4.78, 5) is 24.3. The summed E-state index contributed by atoms with van der Waals surface area (Å²) < 4.78 is 11.0. The lowest BCUT2D eigenvalue weighted by atomic mass is 10.1. The zero-order valence-corrected chi connectivity index (χ0v) is 19.7. The number of rotatable bonds is 10. The van der Waals surface area contributed by atoms with Crippen LogP contribution in [0.1, 0.15) is 29.5 Å². The van der Waals surface area contributed by atoms with Crippen LogP contribution in [0.15, 0.2) is 71.8 Å². The minimum absolute atomic E-state index is 0.0183. The van der Waals surface area contributed by atoms with Crippen LogP contribution >= 0.6 is 11.6 Å². The first-order valence-electron chi connectivity index (χ1n) is 10.6. The molecule has 2 amide bonds. The first-order chi connectivity index (χ1) is 17.0. The van der Waals surface area contributed by atoms with Crippen molar-refractivity contribution in [3.8, 4) is 17.6 Å². The first kappa shape index (κ1) is 25.3. The van der Waals surface area contributed by atoms with Crippen molar-refractivity contribution >= 4 is 35.3 Å². The largest absolute Gasteiger partial charge is 0.495 e. The van der Waals surface area contributed by atoms with Gasteiger partial charge < -0.3 is 14.8 Å². The van der Waals surface area contributed by atoms with E-state index in [0.717, 1.165) is 5.56 Å². The van der Waals surface area contributed by atoms with E-state index in [1.807, 2.05) is 12.1 Å². The maximum atomic E-state index is 12.2. The molecule has 0 heterocycles. The molecule has 8 nitrogen and oxygen atoms in total. The number of amides is 2. The van der Waals surface area contributed by atoms with Crippen LogP contribution in [-0.2, 0) is 16.2 Å². The van der Waals surface area contributed by atoms with Gasteiger partial charge in [-0.2, -0.15) is 10.4 Å². The average molecular weight is 491 g/mol. The number of halogens is 1. The number of para-hydroxylation sites is 2. The third kappa shape index (κ3) is 7.88. The van der Waals surface area contributed by atoms with Gasteiger partial charge in [-0.15, -0.1) is 0 Å². The van der Waals surface area contributed by atoms with Crippen molar-refractivity contribution in [3.63, 3.8) is 0 Å². The summed E-state index contributed by atoms with van der Waals surface area (Å²) in [6.45, 7) is 0.280. The molecule has 0 aliphatic heterocycles. The minimum Gasteiger partial charge on any atom is -0.495 e. The monoisotopic (exact) mass is 490 g/mol. The highest BCUT2D eigenvalue weighted by Gasteiger charge is 2.10. The molecule has 2 N–H and O–H groups in total. The van der Waals surface area contributed by atoms with Crippen LogP contribution in [0.5, 0.6) is 11.5 Å². The van der Waals surface area contributed by atoms with Crippen LogP contribution < -0.4 is 20.2 Å². The molecule has 178 valence electrons. The highest BCUT2D eigenvalue weighted by atomic mass is 35.5. The number of benzene rings is 3. The van der Waals surface area contributed by atoms with Gasteiger partial charge in [-0.3, -0.25) is 9.59 Å². The van der Waals surface area contributed by atoms with Gasteiger partial charge in [-0.05, 0) is 48.0 Å². The number of nitrogens with zero attached hydrogens (tertiary/aromatic N) is 2. The molecule has 9 heteroatoms. The molecule has 0 bridgehead atoms. The number of hydrazone groups is 1. The second-order valence-electron chi connectivity index (χ2n) is 7.32. The third-order valence-corrected chi connectivity index (χ3v) is 5.04. The van der Waals surface area contributed by atoms with Crippen LogP contribution in [0.2, 0.25) is 5.02 Å². The Bertz CT molecular complexity index is 1250. The Morgan fingerprint density at radius 1 is 1.03 bits per heavy atom.